The Labute approximate surface area is 86.5 Å². The highest BCUT2D eigenvalue weighted by molar-refractivity contribution is 6.31. The van der Waals surface area contributed by atoms with Crippen LogP contribution in [0.2, 0.25) is 5.02 Å². The number of esters is 1. The zero-order chi connectivity index (χ0) is 10.6. The highest BCUT2D eigenvalue weighted by Crippen LogP contribution is 2.19. The van der Waals surface area contributed by atoms with Gasteiger partial charge in [-0.2, -0.15) is 0 Å². The van der Waals surface area contributed by atoms with E-state index in [9.17, 15) is 4.79 Å². The van der Waals surface area contributed by atoms with Gasteiger partial charge < -0.3 is 9.84 Å². The molecule has 1 heterocycles. The molecule has 0 atom stereocenters. The summed E-state index contributed by atoms with van der Waals surface area (Å²) >= 11 is 5.74. The van der Waals surface area contributed by atoms with E-state index in [1.54, 1.807) is 6.92 Å². The molecule has 1 aromatic rings. The van der Waals surface area contributed by atoms with E-state index in [-0.39, 0.29) is 23.2 Å². The molecule has 0 spiro atoms. The molecular formula is C9H10ClNO3. The second kappa shape index (κ2) is 4.81. The van der Waals surface area contributed by atoms with Gasteiger partial charge in [0.15, 0.2) is 0 Å². The third kappa shape index (κ3) is 2.88. The Kier molecular flexibility index (Phi) is 3.71. The molecule has 0 aliphatic rings. The molecule has 0 saturated carbocycles. The number of hydrogen-bond acceptors (Lipinski definition) is 4. The summed E-state index contributed by atoms with van der Waals surface area (Å²) < 4.78 is 4.73. The highest BCUT2D eigenvalue weighted by atomic mass is 35.5. The molecule has 0 aromatic carbocycles. The molecule has 0 radical (unpaired) electrons. The Morgan fingerprint density at radius 3 is 3.00 bits per heavy atom. The summed E-state index contributed by atoms with van der Waals surface area (Å²) in [4.78, 5) is 14.9. The topological polar surface area (TPSA) is 59.4 Å². The minimum Gasteiger partial charge on any atom is -0.506 e. The summed E-state index contributed by atoms with van der Waals surface area (Å²) in [6.07, 6.45) is 1.26. The van der Waals surface area contributed by atoms with E-state index in [0.717, 1.165) is 0 Å². The van der Waals surface area contributed by atoms with Crippen LogP contribution < -0.4 is 0 Å². The van der Waals surface area contributed by atoms with Crippen LogP contribution in [0, 0.1) is 0 Å². The first kappa shape index (κ1) is 10.8. The molecule has 0 bridgehead atoms. The maximum absolute atomic E-state index is 11.1. The normalized spacial score (nSPS) is 9.86. The van der Waals surface area contributed by atoms with Gasteiger partial charge in [0.2, 0.25) is 0 Å². The number of ether oxygens (including phenoxy) is 1. The number of hydrogen-bond donors (Lipinski definition) is 1. The Bertz CT molecular complexity index is 341. The Balaban J connectivity index is 2.72. The van der Waals surface area contributed by atoms with Gasteiger partial charge in [-0.3, -0.25) is 9.78 Å². The van der Waals surface area contributed by atoms with E-state index in [1.807, 2.05) is 0 Å². The summed E-state index contributed by atoms with van der Waals surface area (Å²) in [5.41, 5.74) is 0.405. The van der Waals surface area contributed by atoms with Crippen molar-refractivity contribution in [2.75, 3.05) is 6.61 Å². The van der Waals surface area contributed by atoms with E-state index < -0.39 is 0 Å². The lowest BCUT2D eigenvalue weighted by Gasteiger charge is -2.03. The average molecular weight is 216 g/mol. The third-order valence-electron chi connectivity index (χ3n) is 1.52. The predicted molar refractivity (Wildman–Crippen MR) is 51.2 cm³/mol. The van der Waals surface area contributed by atoms with Gasteiger partial charge >= 0.3 is 5.97 Å². The Hall–Kier alpha value is -1.29. The molecule has 0 aliphatic carbocycles. The van der Waals surface area contributed by atoms with Crippen molar-refractivity contribution in [3.63, 3.8) is 0 Å². The molecular weight excluding hydrogens is 206 g/mol. The van der Waals surface area contributed by atoms with E-state index in [4.69, 9.17) is 21.4 Å². The third-order valence-corrected chi connectivity index (χ3v) is 1.85. The molecule has 0 saturated heterocycles. The van der Waals surface area contributed by atoms with Crippen LogP contribution in [-0.4, -0.2) is 22.7 Å². The van der Waals surface area contributed by atoms with Crippen molar-refractivity contribution in [2.45, 2.75) is 13.3 Å². The van der Waals surface area contributed by atoms with E-state index in [1.165, 1.54) is 12.3 Å². The molecule has 14 heavy (non-hydrogen) atoms. The maximum Gasteiger partial charge on any atom is 0.311 e. The number of aromatic hydroxyl groups is 1. The van der Waals surface area contributed by atoms with Gasteiger partial charge in [-0.05, 0) is 6.92 Å². The number of nitrogens with zero attached hydrogens (tertiary/aromatic N) is 1. The number of pyridine rings is 1. The molecule has 1 rings (SSSR count). The monoisotopic (exact) mass is 215 g/mol. The SMILES string of the molecule is CCOC(=O)Cc1ncc(O)cc1Cl. The maximum atomic E-state index is 11.1. The van der Waals surface area contributed by atoms with Crippen LogP contribution in [0.15, 0.2) is 12.3 Å². The summed E-state index contributed by atoms with van der Waals surface area (Å²) in [6.45, 7) is 2.05. The van der Waals surface area contributed by atoms with E-state index in [0.29, 0.717) is 12.3 Å². The van der Waals surface area contributed by atoms with Gasteiger partial charge in [0.1, 0.15) is 5.75 Å². The first-order valence-corrected chi connectivity index (χ1v) is 4.50. The van der Waals surface area contributed by atoms with Crippen LogP contribution in [0.4, 0.5) is 0 Å². The van der Waals surface area contributed by atoms with Crippen LogP contribution >= 0.6 is 11.6 Å². The lowest BCUT2D eigenvalue weighted by molar-refractivity contribution is -0.142. The van der Waals surface area contributed by atoms with Crippen molar-refractivity contribution >= 4 is 17.6 Å². The summed E-state index contributed by atoms with van der Waals surface area (Å²) in [5.74, 6) is -0.407. The van der Waals surface area contributed by atoms with Crippen LogP contribution in [0.5, 0.6) is 5.75 Å². The number of aromatic nitrogens is 1. The van der Waals surface area contributed by atoms with Gasteiger partial charge in [-0.15, -0.1) is 0 Å². The summed E-state index contributed by atoms with van der Waals surface area (Å²) in [7, 11) is 0. The second-order valence-electron chi connectivity index (χ2n) is 2.60. The van der Waals surface area contributed by atoms with Gasteiger partial charge in [0, 0.05) is 6.07 Å². The van der Waals surface area contributed by atoms with E-state index in [2.05, 4.69) is 4.98 Å². The average Bonchev–Trinajstić information content (AvgIpc) is 2.10. The lowest BCUT2D eigenvalue weighted by atomic mass is 10.2. The quantitative estimate of drug-likeness (QED) is 0.778. The zero-order valence-corrected chi connectivity index (χ0v) is 8.41. The van der Waals surface area contributed by atoms with Gasteiger partial charge in [0.05, 0.1) is 29.9 Å². The molecule has 1 aromatic heterocycles. The molecule has 0 unspecified atom stereocenters. The van der Waals surface area contributed by atoms with Crippen molar-refractivity contribution in [2.24, 2.45) is 0 Å². The Morgan fingerprint density at radius 2 is 2.43 bits per heavy atom. The molecule has 0 fully saturated rings. The number of halogens is 1. The van der Waals surface area contributed by atoms with Gasteiger partial charge in [-0.25, -0.2) is 0 Å². The molecule has 4 nitrogen and oxygen atoms in total. The van der Waals surface area contributed by atoms with Crippen LogP contribution in [0.1, 0.15) is 12.6 Å². The first-order valence-electron chi connectivity index (χ1n) is 4.12. The standard InChI is InChI=1S/C9H10ClNO3/c1-2-14-9(13)4-8-7(10)3-6(12)5-11-8/h3,5,12H,2,4H2,1H3. The minimum absolute atomic E-state index is 0.0208. The first-order chi connectivity index (χ1) is 6.63. The molecule has 5 heteroatoms. The summed E-state index contributed by atoms with van der Waals surface area (Å²) in [5, 5.41) is 9.27. The van der Waals surface area contributed by atoms with Crippen molar-refractivity contribution in [1.82, 2.24) is 4.98 Å². The second-order valence-corrected chi connectivity index (χ2v) is 3.01. The number of carbonyl (C=O) groups excluding carboxylic acids is 1. The summed E-state index contributed by atoms with van der Waals surface area (Å²) in [6, 6.07) is 1.34. The highest BCUT2D eigenvalue weighted by Gasteiger charge is 2.09. The van der Waals surface area contributed by atoms with Crippen molar-refractivity contribution in [3.05, 3.63) is 23.0 Å². The molecule has 1 N–H and O–H groups in total. The van der Waals surface area contributed by atoms with Crippen LogP contribution in [0.25, 0.3) is 0 Å². The largest absolute Gasteiger partial charge is 0.506 e. The van der Waals surface area contributed by atoms with Crippen LogP contribution in [0.3, 0.4) is 0 Å². The van der Waals surface area contributed by atoms with E-state index >= 15 is 0 Å². The smallest absolute Gasteiger partial charge is 0.311 e. The van der Waals surface area contributed by atoms with Crippen molar-refractivity contribution in [3.8, 4) is 5.75 Å². The van der Waals surface area contributed by atoms with Crippen molar-refractivity contribution in [1.29, 1.82) is 0 Å². The van der Waals surface area contributed by atoms with Crippen molar-refractivity contribution < 1.29 is 14.6 Å². The van der Waals surface area contributed by atoms with Gasteiger partial charge in [-0.1, -0.05) is 11.6 Å². The lowest BCUT2D eigenvalue weighted by Crippen LogP contribution is -2.08. The fourth-order valence-corrected chi connectivity index (χ4v) is 1.16. The minimum atomic E-state index is -0.382. The predicted octanol–water partition coefficient (Wildman–Crippen LogP) is 1.55. The fourth-order valence-electron chi connectivity index (χ4n) is 0.935. The molecule has 76 valence electrons. The zero-order valence-electron chi connectivity index (χ0n) is 7.66. The number of rotatable bonds is 3. The van der Waals surface area contributed by atoms with Crippen LogP contribution in [-0.2, 0) is 16.0 Å². The Morgan fingerprint density at radius 1 is 1.71 bits per heavy atom. The molecule has 0 aliphatic heterocycles. The number of carbonyl (C=O) groups is 1. The fraction of sp³-hybridized carbons (Fsp3) is 0.333. The van der Waals surface area contributed by atoms with Gasteiger partial charge in [0.25, 0.3) is 0 Å². The molecule has 0 amide bonds.